The first kappa shape index (κ1) is 19.0. The number of carbonyl (C=O) groups excluding carboxylic acids is 2. The summed E-state index contributed by atoms with van der Waals surface area (Å²) in [5, 5.41) is 6.23. The summed E-state index contributed by atoms with van der Waals surface area (Å²) in [6, 6.07) is 14.6. The molecule has 2 amide bonds. The Morgan fingerprint density at radius 3 is 2.52 bits per heavy atom. The van der Waals surface area contributed by atoms with E-state index in [-0.39, 0.29) is 23.7 Å². The first-order valence-electron chi connectivity index (χ1n) is 9.22. The van der Waals surface area contributed by atoms with Crippen LogP contribution >= 0.6 is 0 Å². The molecule has 2 aromatic rings. The summed E-state index contributed by atoms with van der Waals surface area (Å²) >= 11 is 0. The van der Waals surface area contributed by atoms with E-state index in [0.717, 1.165) is 12.0 Å². The molecule has 1 fully saturated rings. The first-order valence-corrected chi connectivity index (χ1v) is 9.22. The summed E-state index contributed by atoms with van der Waals surface area (Å²) in [5.74, 6) is -0.434. The Kier molecular flexibility index (Phi) is 6.19. The van der Waals surface area contributed by atoms with E-state index in [1.807, 2.05) is 42.2 Å². The number of carbonyl (C=O) groups is 2. The Bertz CT molecular complexity index is 780. The lowest BCUT2D eigenvalue weighted by molar-refractivity contribution is -0.129. The highest BCUT2D eigenvalue weighted by Gasteiger charge is 2.30. The fraction of sp³-hybridized carbons (Fsp3) is 0.333. The van der Waals surface area contributed by atoms with Gasteiger partial charge >= 0.3 is 0 Å². The normalized spacial score (nSPS) is 17.6. The van der Waals surface area contributed by atoms with Crippen LogP contribution in [0.2, 0.25) is 0 Å². The average molecular weight is 369 g/mol. The molecule has 142 valence electrons. The van der Waals surface area contributed by atoms with Gasteiger partial charge in [0.25, 0.3) is 0 Å². The Morgan fingerprint density at radius 2 is 1.85 bits per heavy atom. The number of hydrogen-bond acceptors (Lipinski definition) is 3. The van der Waals surface area contributed by atoms with E-state index >= 15 is 0 Å². The average Bonchev–Trinajstić information content (AvgIpc) is 3.16. The van der Waals surface area contributed by atoms with E-state index in [9.17, 15) is 14.0 Å². The van der Waals surface area contributed by atoms with Crippen molar-refractivity contribution in [2.24, 2.45) is 0 Å². The number of anilines is 1. The van der Waals surface area contributed by atoms with Crippen LogP contribution in [0.4, 0.5) is 10.1 Å². The molecule has 0 aliphatic carbocycles. The van der Waals surface area contributed by atoms with Crippen LogP contribution in [0, 0.1) is 5.82 Å². The molecular formula is C21H24FN3O2. The monoisotopic (exact) mass is 369 g/mol. The number of rotatable bonds is 6. The lowest BCUT2D eigenvalue weighted by Crippen LogP contribution is -2.41. The van der Waals surface area contributed by atoms with Crippen LogP contribution in [0.5, 0.6) is 0 Å². The van der Waals surface area contributed by atoms with E-state index in [1.165, 1.54) is 24.3 Å². The summed E-state index contributed by atoms with van der Waals surface area (Å²) in [6.07, 6.45) is 1.29. The molecule has 0 bridgehead atoms. The minimum atomic E-state index is -0.557. The van der Waals surface area contributed by atoms with Crippen LogP contribution in [-0.2, 0) is 9.59 Å². The molecule has 2 atom stereocenters. The highest BCUT2D eigenvalue weighted by Crippen LogP contribution is 2.20. The lowest BCUT2D eigenvalue weighted by atomic mass is 10.0. The van der Waals surface area contributed by atoms with Gasteiger partial charge in [-0.25, -0.2) is 4.39 Å². The van der Waals surface area contributed by atoms with Crippen molar-refractivity contribution in [3.05, 3.63) is 66.0 Å². The molecule has 0 spiro atoms. The van der Waals surface area contributed by atoms with E-state index in [1.54, 1.807) is 0 Å². The Balaban J connectivity index is 1.72. The van der Waals surface area contributed by atoms with E-state index in [2.05, 4.69) is 10.6 Å². The summed E-state index contributed by atoms with van der Waals surface area (Å²) in [6.45, 7) is 3.15. The predicted octanol–water partition coefficient (Wildman–Crippen LogP) is 3.11. The SMILES string of the molecule is CCC(=O)N1CC[C@H](N[C@@H](C(=O)Nc2ccc(F)cc2)c2ccccc2)C1. The second-order valence-corrected chi connectivity index (χ2v) is 6.69. The molecule has 0 saturated carbocycles. The van der Waals surface area contributed by atoms with Crippen molar-refractivity contribution in [3.63, 3.8) is 0 Å². The summed E-state index contributed by atoms with van der Waals surface area (Å²) in [5.41, 5.74) is 1.38. The topological polar surface area (TPSA) is 61.4 Å². The number of benzene rings is 2. The molecule has 1 heterocycles. The van der Waals surface area contributed by atoms with Crippen LogP contribution < -0.4 is 10.6 Å². The molecule has 3 rings (SSSR count). The fourth-order valence-corrected chi connectivity index (χ4v) is 3.30. The minimum absolute atomic E-state index is 0.0460. The lowest BCUT2D eigenvalue weighted by Gasteiger charge is -2.23. The van der Waals surface area contributed by atoms with Gasteiger partial charge in [-0.15, -0.1) is 0 Å². The van der Waals surface area contributed by atoms with Gasteiger partial charge in [-0.3, -0.25) is 14.9 Å². The number of nitrogens with zero attached hydrogens (tertiary/aromatic N) is 1. The van der Waals surface area contributed by atoms with Gasteiger partial charge in [0.2, 0.25) is 11.8 Å². The quantitative estimate of drug-likeness (QED) is 0.823. The van der Waals surface area contributed by atoms with Gasteiger partial charge in [0.1, 0.15) is 11.9 Å². The van der Waals surface area contributed by atoms with E-state index in [0.29, 0.717) is 25.2 Å². The van der Waals surface area contributed by atoms with Crippen molar-refractivity contribution < 1.29 is 14.0 Å². The van der Waals surface area contributed by atoms with Crippen LogP contribution in [-0.4, -0.2) is 35.8 Å². The molecule has 1 aliphatic heterocycles. The zero-order valence-corrected chi connectivity index (χ0v) is 15.3. The standard InChI is InChI=1S/C21H24FN3O2/c1-2-19(26)25-13-12-18(14-25)23-20(15-6-4-3-5-7-15)21(27)24-17-10-8-16(22)9-11-17/h3-11,18,20,23H,2,12-14H2,1H3,(H,24,27)/t18-,20+/m0/s1. The van der Waals surface area contributed by atoms with Crippen molar-refractivity contribution in [1.29, 1.82) is 0 Å². The maximum atomic E-state index is 13.1. The third-order valence-corrected chi connectivity index (χ3v) is 4.75. The van der Waals surface area contributed by atoms with Gasteiger partial charge in [0.05, 0.1) is 0 Å². The number of halogens is 1. The first-order chi connectivity index (χ1) is 13.1. The molecule has 0 unspecified atom stereocenters. The highest BCUT2D eigenvalue weighted by molar-refractivity contribution is 5.95. The third-order valence-electron chi connectivity index (χ3n) is 4.75. The van der Waals surface area contributed by atoms with Gasteiger partial charge < -0.3 is 10.2 Å². The van der Waals surface area contributed by atoms with Gasteiger partial charge in [-0.1, -0.05) is 37.3 Å². The number of amides is 2. The third kappa shape index (κ3) is 4.92. The van der Waals surface area contributed by atoms with Gasteiger partial charge in [-0.2, -0.15) is 0 Å². The minimum Gasteiger partial charge on any atom is -0.341 e. The maximum Gasteiger partial charge on any atom is 0.246 e. The van der Waals surface area contributed by atoms with Crippen molar-refractivity contribution in [3.8, 4) is 0 Å². The smallest absolute Gasteiger partial charge is 0.246 e. The number of hydrogen-bond donors (Lipinski definition) is 2. The van der Waals surface area contributed by atoms with Gasteiger partial charge in [0.15, 0.2) is 0 Å². The molecule has 1 aliphatic rings. The number of likely N-dealkylation sites (tertiary alicyclic amines) is 1. The molecule has 6 heteroatoms. The molecular weight excluding hydrogens is 345 g/mol. The zero-order chi connectivity index (χ0) is 19.2. The highest BCUT2D eigenvalue weighted by atomic mass is 19.1. The summed E-state index contributed by atoms with van der Waals surface area (Å²) in [7, 11) is 0. The van der Waals surface area contributed by atoms with Crippen molar-refractivity contribution in [1.82, 2.24) is 10.2 Å². The Labute approximate surface area is 158 Å². The molecule has 27 heavy (non-hydrogen) atoms. The molecule has 2 aromatic carbocycles. The van der Waals surface area contributed by atoms with Gasteiger partial charge in [0, 0.05) is 31.2 Å². The summed E-state index contributed by atoms with van der Waals surface area (Å²) in [4.78, 5) is 26.6. The summed E-state index contributed by atoms with van der Waals surface area (Å²) < 4.78 is 13.1. The van der Waals surface area contributed by atoms with Crippen molar-refractivity contribution in [2.45, 2.75) is 31.8 Å². The van der Waals surface area contributed by atoms with Crippen molar-refractivity contribution >= 4 is 17.5 Å². The second kappa shape index (κ2) is 8.77. The van der Waals surface area contributed by atoms with Gasteiger partial charge in [-0.05, 0) is 36.2 Å². The van der Waals surface area contributed by atoms with Crippen LogP contribution in [0.15, 0.2) is 54.6 Å². The molecule has 0 aromatic heterocycles. The maximum absolute atomic E-state index is 13.1. The molecule has 5 nitrogen and oxygen atoms in total. The Hall–Kier alpha value is -2.73. The number of nitrogens with one attached hydrogen (secondary N) is 2. The molecule has 0 radical (unpaired) electrons. The van der Waals surface area contributed by atoms with Crippen LogP contribution in [0.3, 0.4) is 0 Å². The van der Waals surface area contributed by atoms with E-state index < -0.39 is 6.04 Å². The van der Waals surface area contributed by atoms with Crippen LogP contribution in [0.1, 0.15) is 31.4 Å². The molecule has 1 saturated heterocycles. The predicted molar refractivity (Wildman–Crippen MR) is 103 cm³/mol. The van der Waals surface area contributed by atoms with Crippen molar-refractivity contribution in [2.75, 3.05) is 18.4 Å². The second-order valence-electron chi connectivity index (χ2n) is 6.69. The fourth-order valence-electron chi connectivity index (χ4n) is 3.30. The molecule has 2 N–H and O–H groups in total. The zero-order valence-electron chi connectivity index (χ0n) is 15.3. The van der Waals surface area contributed by atoms with E-state index in [4.69, 9.17) is 0 Å². The van der Waals surface area contributed by atoms with Crippen LogP contribution in [0.25, 0.3) is 0 Å². The largest absolute Gasteiger partial charge is 0.341 e. The Morgan fingerprint density at radius 1 is 1.15 bits per heavy atom.